The second-order valence-corrected chi connectivity index (χ2v) is 4.97. The molecule has 0 amide bonds. The standard InChI is InChI=1S/C11H15BrN2.C2H6/c1-8(2)5-6-14-11(9-3-4-9)10(12)7-13-14;1-2/h5,7,9H,3-4,6H2,1-2H3;1-2H3. The highest BCUT2D eigenvalue weighted by molar-refractivity contribution is 9.10. The molecule has 3 heteroatoms. The van der Waals surface area contributed by atoms with E-state index < -0.39 is 0 Å². The summed E-state index contributed by atoms with van der Waals surface area (Å²) in [4.78, 5) is 0. The van der Waals surface area contributed by atoms with Crippen LogP contribution in [0.15, 0.2) is 22.3 Å². The number of hydrogen-bond donors (Lipinski definition) is 0. The van der Waals surface area contributed by atoms with Crippen molar-refractivity contribution in [3.05, 3.63) is 28.0 Å². The van der Waals surface area contributed by atoms with E-state index in [1.165, 1.54) is 28.6 Å². The molecule has 1 fully saturated rings. The molecule has 0 radical (unpaired) electrons. The normalized spacial score (nSPS) is 14.1. The minimum absolute atomic E-state index is 0.748. The maximum atomic E-state index is 4.37. The summed E-state index contributed by atoms with van der Waals surface area (Å²) in [6.45, 7) is 9.14. The number of aromatic nitrogens is 2. The molecule has 0 N–H and O–H groups in total. The molecule has 1 heterocycles. The van der Waals surface area contributed by atoms with Crippen molar-refractivity contribution in [1.82, 2.24) is 9.78 Å². The third-order valence-corrected chi connectivity index (χ3v) is 3.08. The molecule has 2 rings (SSSR count). The third kappa shape index (κ3) is 3.48. The van der Waals surface area contributed by atoms with Crippen LogP contribution >= 0.6 is 15.9 Å². The van der Waals surface area contributed by atoms with Crippen molar-refractivity contribution in [3.63, 3.8) is 0 Å². The van der Waals surface area contributed by atoms with Crippen LogP contribution in [0.4, 0.5) is 0 Å². The average Bonchev–Trinajstić information content (AvgIpc) is 3.03. The van der Waals surface area contributed by atoms with E-state index in [4.69, 9.17) is 0 Å². The molecule has 1 aromatic rings. The van der Waals surface area contributed by atoms with Gasteiger partial charge in [0, 0.05) is 5.92 Å². The Bertz CT molecular complexity index is 358. The number of allylic oxidation sites excluding steroid dienone is 2. The van der Waals surface area contributed by atoms with E-state index >= 15 is 0 Å². The summed E-state index contributed by atoms with van der Waals surface area (Å²) < 4.78 is 3.27. The van der Waals surface area contributed by atoms with Gasteiger partial charge in [-0.2, -0.15) is 5.10 Å². The van der Waals surface area contributed by atoms with E-state index in [0.717, 1.165) is 12.5 Å². The highest BCUT2D eigenvalue weighted by Crippen LogP contribution is 2.43. The quantitative estimate of drug-likeness (QED) is 0.747. The van der Waals surface area contributed by atoms with Gasteiger partial charge in [0.1, 0.15) is 0 Å². The van der Waals surface area contributed by atoms with Gasteiger partial charge in [-0.15, -0.1) is 0 Å². The Hall–Kier alpha value is -0.570. The number of halogens is 1. The largest absolute Gasteiger partial charge is 0.264 e. The van der Waals surface area contributed by atoms with Gasteiger partial charge in [-0.25, -0.2) is 0 Å². The summed E-state index contributed by atoms with van der Waals surface area (Å²) >= 11 is 3.56. The van der Waals surface area contributed by atoms with E-state index in [0.29, 0.717) is 0 Å². The van der Waals surface area contributed by atoms with Crippen molar-refractivity contribution >= 4 is 15.9 Å². The summed E-state index contributed by atoms with van der Waals surface area (Å²) in [5.41, 5.74) is 2.72. The van der Waals surface area contributed by atoms with Crippen molar-refractivity contribution in [1.29, 1.82) is 0 Å². The first-order valence-corrected chi connectivity index (χ1v) is 6.82. The van der Waals surface area contributed by atoms with E-state index in [9.17, 15) is 0 Å². The van der Waals surface area contributed by atoms with Crippen molar-refractivity contribution in [2.75, 3.05) is 0 Å². The monoisotopic (exact) mass is 284 g/mol. The fourth-order valence-corrected chi connectivity index (χ4v) is 2.17. The number of nitrogens with zero attached hydrogens (tertiary/aromatic N) is 2. The van der Waals surface area contributed by atoms with Crippen molar-refractivity contribution < 1.29 is 0 Å². The zero-order valence-electron chi connectivity index (χ0n) is 10.6. The summed E-state index contributed by atoms with van der Waals surface area (Å²) in [5.74, 6) is 0.748. The van der Waals surface area contributed by atoms with E-state index in [1.54, 1.807) is 0 Å². The van der Waals surface area contributed by atoms with Gasteiger partial charge in [0.15, 0.2) is 0 Å². The van der Waals surface area contributed by atoms with Gasteiger partial charge in [-0.05, 0) is 42.6 Å². The minimum atomic E-state index is 0.748. The first kappa shape index (κ1) is 13.5. The van der Waals surface area contributed by atoms with Gasteiger partial charge in [0.2, 0.25) is 0 Å². The second-order valence-electron chi connectivity index (χ2n) is 4.12. The molecule has 0 atom stereocenters. The zero-order chi connectivity index (χ0) is 12.1. The van der Waals surface area contributed by atoms with E-state index in [1.807, 2.05) is 20.0 Å². The SMILES string of the molecule is CC.CC(C)=CCn1ncc(Br)c1C1CC1. The summed E-state index contributed by atoms with van der Waals surface area (Å²) in [6, 6.07) is 0. The molecule has 1 aliphatic carbocycles. The Morgan fingerprint density at radius 2 is 2.12 bits per heavy atom. The molecule has 0 saturated heterocycles. The molecule has 1 saturated carbocycles. The van der Waals surface area contributed by atoms with Crippen LogP contribution in [0.2, 0.25) is 0 Å². The first-order valence-electron chi connectivity index (χ1n) is 6.03. The van der Waals surface area contributed by atoms with Gasteiger partial charge in [-0.1, -0.05) is 25.5 Å². The first-order chi connectivity index (χ1) is 7.68. The zero-order valence-corrected chi connectivity index (χ0v) is 12.2. The van der Waals surface area contributed by atoms with Crippen LogP contribution in [-0.2, 0) is 6.54 Å². The number of hydrogen-bond acceptors (Lipinski definition) is 1. The molecule has 1 aliphatic rings. The molecule has 16 heavy (non-hydrogen) atoms. The highest BCUT2D eigenvalue weighted by atomic mass is 79.9. The molecule has 0 aliphatic heterocycles. The van der Waals surface area contributed by atoms with Crippen LogP contribution in [0.1, 0.15) is 52.1 Å². The highest BCUT2D eigenvalue weighted by Gasteiger charge is 2.29. The van der Waals surface area contributed by atoms with Crippen LogP contribution < -0.4 is 0 Å². The summed E-state index contributed by atoms with van der Waals surface area (Å²) in [7, 11) is 0. The van der Waals surface area contributed by atoms with Crippen molar-refractivity contribution in [2.45, 2.75) is 53.0 Å². The Kier molecular flexibility index (Phi) is 5.26. The van der Waals surface area contributed by atoms with Gasteiger partial charge in [0.05, 0.1) is 22.9 Å². The predicted octanol–water partition coefficient (Wildman–Crippen LogP) is 4.52. The maximum absolute atomic E-state index is 4.37. The van der Waals surface area contributed by atoms with Crippen LogP contribution in [0.5, 0.6) is 0 Å². The summed E-state index contributed by atoms with van der Waals surface area (Å²) in [6.07, 6.45) is 6.76. The fourth-order valence-electron chi connectivity index (χ4n) is 1.55. The lowest BCUT2D eigenvalue weighted by atomic mass is 10.3. The Balaban J connectivity index is 0.000000606. The smallest absolute Gasteiger partial charge is 0.0635 e. The third-order valence-electron chi connectivity index (χ3n) is 2.47. The van der Waals surface area contributed by atoms with Crippen molar-refractivity contribution in [3.8, 4) is 0 Å². The lowest BCUT2D eigenvalue weighted by Crippen LogP contribution is -2.02. The molecular weight excluding hydrogens is 264 g/mol. The molecule has 2 nitrogen and oxygen atoms in total. The molecule has 0 bridgehead atoms. The van der Waals surface area contributed by atoms with Crippen LogP contribution in [0, 0.1) is 0 Å². The lowest BCUT2D eigenvalue weighted by Gasteiger charge is -2.04. The molecule has 0 aromatic carbocycles. The topological polar surface area (TPSA) is 17.8 Å². The Morgan fingerprint density at radius 3 is 2.62 bits per heavy atom. The molecular formula is C13H21BrN2. The Morgan fingerprint density at radius 1 is 1.50 bits per heavy atom. The summed E-state index contributed by atoms with van der Waals surface area (Å²) in [5, 5.41) is 4.37. The number of rotatable bonds is 3. The molecule has 0 unspecified atom stereocenters. The van der Waals surface area contributed by atoms with E-state index in [2.05, 4.69) is 45.6 Å². The van der Waals surface area contributed by atoms with E-state index in [-0.39, 0.29) is 0 Å². The van der Waals surface area contributed by atoms with Gasteiger partial charge < -0.3 is 0 Å². The molecule has 1 aromatic heterocycles. The van der Waals surface area contributed by atoms with Crippen molar-refractivity contribution in [2.24, 2.45) is 0 Å². The molecule has 0 spiro atoms. The average molecular weight is 285 g/mol. The van der Waals surface area contributed by atoms with Gasteiger partial charge in [0.25, 0.3) is 0 Å². The fraction of sp³-hybridized carbons (Fsp3) is 0.615. The van der Waals surface area contributed by atoms with Crippen LogP contribution in [0.25, 0.3) is 0 Å². The van der Waals surface area contributed by atoms with Crippen LogP contribution in [-0.4, -0.2) is 9.78 Å². The lowest BCUT2D eigenvalue weighted by molar-refractivity contribution is 0.655. The maximum Gasteiger partial charge on any atom is 0.0635 e. The van der Waals surface area contributed by atoms with Crippen LogP contribution in [0.3, 0.4) is 0 Å². The Labute approximate surface area is 107 Å². The minimum Gasteiger partial charge on any atom is -0.264 e. The van der Waals surface area contributed by atoms with Gasteiger partial charge >= 0.3 is 0 Å². The predicted molar refractivity (Wildman–Crippen MR) is 72.7 cm³/mol. The van der Waals surface area contributed by atoms with Gasteiger partial charge in [-0.3, -0.25) is 4.68 Å². The molecule has 90 valence electrons. The second kappa shape index (κ2) is 6.24.